The third-order valence-corrected chi connectivity index (χ3v) is 6.07. The van der Waals surface area contributed by atoms with E-state index in [2.05, 4.69) is 4.90 Å². The summed E-state index contributed by atoms with van der Waals surface area (Å²) in [6.07, 6.45) is 9.75. The summed E-state index contributed by atoms with van der Waals surface area (Å²) >= 11 is 0. The molecular weight excluding hydrogens is 314 g/mol. The van der Waals surface area contributed by atoms with Crippen LogP contribution < -0.4 is 4.74 Å². The molecule has 1 aromatic rings. The van der Waals surface area contributed by atoms with Gasteiger partial charge < -0.3 is 14.4 Å². The zero-order valence-electron chi connectivity index (χ0n) is 15.0. The Bertz CT molecular complexity index is 595. The van der Waals surface area contributed by atoms with Crippen LogP contribution in [-0.4, -0.2) is 42.7 Å². The molecule has 2 saturated heterocycles. The van der Waals surface area contributed by atoms with Gasteiger partial charge in [0.1, 0.15) is 12.4 Å². The molecule has 1 saturated carbocycles. The molecule has 25 heavy (non-hydrogen) atoms. The summed E-state index contributed by atoms with van der Waals surface area (Å²) in [4.78, 5) is 15.4. The average Bonchev–Trinajstić information content (AvgIpc) is 3.19. The first kappa shape index (κ1) is 16.9. The van der Waals surface area contributed by atoms with Gasteiger partial charge in [-0.3, -0.25) is 4.79 Å². The number of ether oxygens (including phenoxy) is 2. The van der Waals surface area contributed by atoms with E-state index in [9.17, 15) is 4.79 Å². The second-order valence-electron chi connectivity index (χ2n) is 7.69. The highest BCUT2D eigenvalue weighted by Gasteiger charge is 2.36. The second-order valence-corrected chi connectivity index (χ2v) is 7.69. The van der Waals surface area contributed by atoms with Crippen LogP contribution in [0.5, 0.6) is 5.75 Å². The highest BCUT2D eigenvalue weighted by Crippen LogP contribution is 2.36. The summed E-state index contributed by atoms with van der Waals surface area (Å²) in [7, 11) is 0. The van der Waals surface area contributed by atoms with Crippen molar-refractivity contribution in [3.63, 3.8) is 0 Å². The Morgan fingerprint density at radius 1 is 1.08 bits per heavy atom. The van der Waals surface area contributed by atoms with Crippen LogP contribution in [0.2, 0.25) is 0 Å². The topological polar surface area (TPSA) is 38.8 Å². The molecule has 3 fully saturated rings. The van der Waals surface area contributed by atoms with Crippen LogP contribution in [-0.2, 0) is 4.74 Å². The van der Waals surface area contributed by atoms with Crippen LogP contribution in [0.4, 0.5) is 0 Å². The predicted octanol–water partition coefficient (Wildman–Crippen LogP) is 4.04. The van der Waals surface area contributed by atoms with Gasteiger partial charge >= 0.3 is 0 Å². The maximum Gasteiger partial charge on any atom is 0.257 e. The Morgan fingerprint density at radius 3 is 2.80 bits per heavy atom. The van der Waals surface area contributed by atoms with Crippen LogP contribution in [0, 0.1) is 5.92 Å². The number of rotatable bonds is 4. The molecule has 3 aliphatic rings. The molecule has 0 N–H and O–H groups in total. The summed E-state index contributed by atoms with van der Waals surface area (Å²) in [5.74, 6) is 1.56. The Balaban J connectivity index is 1.49. The van der Waals surface area contributed by atoms with Gasteiger partial charge in [0, 0.05) is 19.2 Å². The van der Waals surface area contributed by atoms with E-state index in [4.69, 9.17) is 9.47 Å². The van der Waals surface area contributed by atoms with Gasteiger partial charge in [0.05, 0.1) is 11.7 Å². The highest BCUT2D eigenvalue weighted by atomic mass is 16.5. The maximum atomic E-state index is 13.3. The number of para-hydroxylation sites is 1. The number of amides is 1. The molecule has 4 nitrogen and oxygen atoms in total. The van der Waals surface area contributed by atoms with E-state index in [0.29, 0.717) is 29.9 Å². The van der Waals surface area contributed by atoms with Crippen LogP contribution in [0.1, 0.15) is 61.7 Å². The number of hydrogen-bond acceptors (Lipinski definition) is 3. The van der Waals surface area contributed by atoms with Crippen molar-refractivity contribution < 1.29 is 14.3 Å². The summed E-state index contributed by atoms with van der Waals surface area (Å²) in [5, 5.41) is 0. The summed E-state index contributed by atoms with van der Waals surface area (Å²) < 4.78 is 11.6. The van der Waals surface area contributed by atoms with E-state index >= 15 is 0 Å². The number of hydrogen-bond donors (Lipinski definition) is 0. The molecule has 2 heterocycles. The molecule has 1 amide bonds. The van der Waals surface area contributed by atoms with E-state index in [1.54, 1.807) is 0 Å². The molecule has 0 radical (unpaired) electrons. The van der Waals surface area contributed by atoms with Gasteiger partial charge in [0.15, 0.2) is 0 Å². The first-order valence-electron chi connectivity index (χ1n) is 9.97. The molecule has 4 heteroatoms. The monoisotopic (exact) mass is 343 g/mol. The lowest BCUT2D eigenvalue weighted by atomic mass is 9.78. The van der Waals surface area contributed by atoms with E-state index in [1.807, 2.05) is 24.3 Å². The number of nitrogens with zero attached hydrogens (tertiary/aromatic N) is 1. The summed E-state index contributed by atoms with van der Waals surface area (Å²) in [6, 6.07) is 8.15. The van der Waals surface area contributed by atoms with Gasteiger partial charge in [0.2, 0.25) is 0 Å². The SMILES string of the molecule is O=C(c1ccccc1OCC1CCCO1)N1CCCC2CCCCC21. The molecule has 3 unspecified atom stereocenters. The zero-order chi connectivity index (χ0) is 17.1. The van der Waals surface area contributed by atoms with Crippen molar-refractivity contribution in [1.29, 1.82) is 0 Å². The lowest BCUT2D eigenvalue weighted by molar-refractivity contribution is 0.0380. The van der Waals surface area contributed by atoms with Gasteiger partial charge in [-0.1, -0.05) is 25.0 Å². The Morgan fingerprint density at radius 2 is 1.92 bits per heavy atom. The van der Waals surface area contributed by atoms with Gasteiger partial charge in [0.25, 0.3) is 5.91 Å². The second kappa shape index (κ2) is 7.77. The first-order chi connectivity index (χ1) is 12.3. The number of carbonyl (C=O) groups excluding carboxylic acids is 1. The van der Waals surface area contributed by atoms with Crippen LogP contribution in [0.3, 0.4) is 0 Å². The standard InChI is InChI=1S/C21H29NO3/c23-21(22-13-5-8-16-7-1-3-11-19(16)22)18-10-2-4-12-20(18)25-15-17-9-6-14-24-17/h2,4,10,12,16-17,19H,1,3,5-9,11,13-15H2. The maximum absolute atomic E-state index is 13.3. The molecule has 0 aromatic heterocycles. The molecule has 2 aliphatic heterocycles. The van der Waals surface area contributed by atoms with Crippen molar-refractivity contribution >= 4 is 5.91 Å². The van der Waals surface area contributed by atoms with Crippen LogP contribution in [0.15, 0.2) is 24.3 Å². The lowest BCUT2D eigenvalue weighted by Crippen LogP contribution is -2.49. The van der Waals surface area contributed by atoms with Crippen molar-refractivity contribution in [2.45, 2.75) is 63.5 Å². The van der Waals surface area contributed by atoms with Crippen molar-refractivity contribution in [1.82, 2.24) is 4.90 Å². The molecule has 1 aromatic carbocycles. The molecule has 136 valence electrons. The minimum absolute atomic E-state index is 0.152. The first-order valence-corrected chi connectivity index (χ1v) is 9.97. The van der Waals surface area contributed by atoms with Crippen molar-refractivity contribution in [3.05, 3.63) is 29.8 Å². The predicted molar refractivity (Wildman–Crippen MR) is 96.9 cm³/mol. The molecule has 1 aliphatic carbocycles. The number of likely N-dealkylation sites (tertiary alicyclic amines) is 1. The molecule has 4 rings (SSSR count). The number of benzene rings is 1. The van der Waals surface area contributed by atoms with Gasteiger partial charge in [-0.05, 0) is 56.6 Å². The third-order valence-electron chi connectivity index (χ3n) is 6.07. The fourth-order valence-corrected chi connectivity index (χ4v) is 4.76. The molecule has 0 bridgehead atoms. The lowest BCUT2D eigenvalue weighted by Gasteiger charge is -2.44. The largest absolute Gasteiger partial charge is 0.490 e. The fraction of sp³-hybridized carbons (Fsp3) is 0.667. The molecule has 3 atom stereocenters. The highest BCUT2D eigenvalue weighted by molar-refractivity contribution is 5.97. The smallest absolute Gasteiger partial charge is 0.257 e. The van der Waals surface area contributed by atoms with Crippen LogP contribution in [0.25, 0.3) is 0 Å². The number of piperidine rings is 1. The third kappa shape index (κ3) is 3.69. The molecule has 0 spiro atoms. The van der Waals surface area contributed by atoms with E-state index in [1.165, 1.54) is 25.7 Å². The molecular formula is C21H29NO3. The van der Waals surface area contributed by atoms with Crippen LogP contribution >= 0.6 is 0 Å². The summed E-state index contributed by atoms with van der Waals surface area (Å²) in [5.41, 5.74) is 0.715. The Labute approximate surface area is 150 Å². The quantitative estimate of drug-likeness (QED) is 0.828. The average molecular weight is 343 g/mol. The Hall–Kier alpha value is -1.55. The van der Waals surface area contributed by atoms with Gasteiger partial charge in [-0.15, -0.1) is 0 Å². The van der Waals surface area contributed by atoms with E-state index < -0.39 is 0 Å². The zero-order valence-corrected chi connectivity index (χ0v) is 15.0. The number of fused-ring (bicyclic) bond motifs is 1. The van der Waals surface area contributed by atoms with Crippen molar-refractivity contribution in [2.75, 3.05) is 19.8 Å². The fourth-order valence-electron chi connectivity index (χ4n) is 4.76. The Kier molecular flexibility index (Phi) is 5.25. The van der Waals surface area contributed by atoms with Gasteiger partial charge in [-0.2, -0.15) is 0 Å². The summed E-state index contributed by atoms with van der Waals surface area (Å²) in [6.45, 7) is 2.25. The minimum atomic E-state index is 0.152. The van der Waals surface area contributed by atoms with Gasteiger partial charge in [-0.25, -0.2) is 0 Å². The minimum Gasteiger partial charge on any atom is -0.490 e. The van der Waals surface area contributed by atoms with Crippen molar-refractivity contribution in [2.24, 2.45) is 5.92 Å². The number of carbonyl (C=O) groups is 1. The normalized spacial score (nSPS) is 29.3. The van der Waals surface area contributed by atoms with E-state index in [0.717, 1.165) is 38.8 Å². The van der Waals surface area contributed by atoms with Crippen molar-refractivity contribution in [3.8, 4) is 5.75 Å². The van der Waals surface area contributed by atoms with E-state index in [-0.39, 0.29) is 12.0 Å².